The fraction of sp³-hybridized carbons (Fsp3) is 0.231. The molecule has 22 heavy (non-hydrogen) atoms. The Labute approximate surface area is 128 Å². The third kappa shape index (κ3) is 3.82. The number of amides is 1. The first-order valence-electron chi connectivity index (χ1n) is 6.42. The van der Waals surface area contributed by atoms with Crippen molar-refractivity contribution in [2.75, 3.05) is 5.32 Å². The SMILES string of the molecule is CC[C@@H](Sc1n[nH]c(=O)[nH]c1=O)C(=O)Nc1ccccc1F. The molecule has 0 aliphatic carbocycles. The first kappa shape index (κ1) is 16.0. The summed E-state index contributed by atoms with van der Waals surface area (Å²) in [6.07, 6.45) is 0.394. The summed E-state index contributed by atoms with van der Waals surface area (Å²) >= 11 is 0.898. The van der Waals surface area contributed by atoms with Crippen molar-refractivity contribution in [1.29, 1.82) is 0 Å². The van der Waals surface area contributed by atoms with Crippen LogP contribution >= 0.6 is 11.8 Å². The van der Waals surface area contributed by atoms with Crippen LogP contribution in [0.15, 0.2) is 38.9 Å². The van der Waals surface area contributed by atoms with Crippen LogP contribution in [0.25, 0.3) is 0 Å². The van der Waals surface area contributed by atoms with Gasteiger partial charge in [-0.05, 0) is 18.6 Å². The standard InChI is InChI=1S/C13H13FN4O3S/c1-2-9(22-12-11(20)16-13(21)18-17-12)10(19)15-8-6-4-3-5-7(8)14/h3-6,9H,2H2,1H3,(H,15,19)(H2,16,18,20,21)/t9-/m1/s1. The van der Waals surface area contributed by atoms with Crippen molar-refractivity contribution in [3.63, 3.8) is 0 Å². The second-order valence-electron chi connectivity index (χ2n) is 4.30. The Morgan fingerprint density at radius 2 is 2.14 bits per heavy atom. The lowest BCUT2D eigenvalue weighted by Gasteiger charge is -2.13. The van der Waals surface area contributed by atoms with E-state index in [-0.39, 0.29) is 10.7 Å². The number of carbonyl (C=O) groups excluding carboxylic acids is 1. The first-order chi connectivity index (χ1) is 10.5. The van der Waals surface area contributed by atoms with Gasteiger partial charge in [0.2, 0.25) is 5.91 Å². The van der Waals surface area contributed by atoms with Gasteiger partial charge in [-0.2, -0.15) is 5.10 Å². The highest BCUT2D eigenvalue weighted by atomic mass is 32.2. The summed E-state index contributed by atoms with van der Waals surface area (Å²) in [5.41, 5.74) is -1.33. The number of nitrogens with one attached hydrogen (secondary N) is 3. The molecule has 0 fully saturated rings. The lowest BCUT2D eigenvalue weighted by Crippen LogP contribution is -2.29. The van der Waals surface area contributed by atoms with Gasteiger partial charge < -0.3 is 5.32 Å². The fourth-order valence-electron chi connectivity index (χ4n) is 1.65. The second kappa shape index (κ2) is 7.03. The zero-order chi connectivity index (χ0) is 16.1. The van der Waals surface area contributed by atoms with Crippen LogP contribution in [-0.4, -0.2) is 26.3 Å². The normalized spacial score (nSPS) is 11.9. The van der Waals surface area contributed by atoms with Crippen LogP contribution in [0.4, 0.5) is 10.1 Å². The van der Waals surface area contributed by atoms with Crippen molar-refractivity contribution in [2.45, 2.75) is 23.6 Å². The summed E-state index contributed by atoms with van der Waals surface area (Å²) in [6.45, 7) is 1.75. The maximum Gasteiger partial charge on any atom is 0.342 e. The van der Waals surface area contributed by atoms with Crippen LogP contribution in [0.5, 0.6) is 0 Å². The molecule has 1 heterocycles. The van der Waals surface area contributed by atoms with Gasteiger partial charge in [-0.15, -0.1) is 0 Å². The van der Waals surface area contributed by atoms with Crippen molar-refractivity contribution in [1.82, 2.24) is 15.2 Å². The number of anilines is 1. The van der Waals surface area contributed by atoms with Gasteiger partial charge in [0, 0.05) is 0 Å². The van der Waals surface area contributed by atoms with Crippen molar-refractivity contribution in [2.24, 2.45) is 0 Å². The lowest BCUT2D eigenvalue weighted by atomic mass is 10.2. The molecular weight excluding hydrogens is 311 g/mol. The number of aromatic amines is 2. The Hall–Kier alpha value is -2.42. The van der Waals surface area contributed by atoms with Crippen LogP contribution in [0, 0.1) is 5.82 Å². The van der Waals surface area contributed by atoms with Crippen molar-refractivity contribution < 1.29 is 9.18 Å². The number of thioether (sulfide) groups is 1. The quantitative estimate of drug-likeness (QED) is 0.714. The topological polar surface area (TPSA) is 108 Å². The molecule has 2 rings (SSSR count). The molecule has 1 atom stereocenters. The molecule has 1 amide bonds. The van der Waals surface area contributed by atoms with E-state index in [0.717, 1.165) is 11.8 Å². The fourth-order valence-corrected chi connectivity index (χ4v) is 2.51. The number of benzene rings is 1. The molecule has 7 nitrogen and oxygen atoms in total. The molecule has 2 aromatic rings. The highest BCUT2D eigenvalue weighted by Gasteiger charge is 2.21. The number of carbonyl (C=O) groups is 1. The molecule has 0 aliphatic heterocycles. The van der Waals surface area contributed by atoms with Crippen LogP contribution in [-0.2, 0) is 4.79 Å². The number of rotatable bonds is 5. The van der Waals surface area contributed by atoms with E-state index < -0.39 is 28.2 Å². The lowest BCUT2D eigenvalue weighted by molar-refractivity contribution is -0.115. The van der Waals surface area contributed by atoms with Gasteiger partial charge in [0.1, 0.15) is 5.82 Å². The molecule has 3 N–H and O–H groups in total. The highest BCUT2D eigenvalue weighted by Crippen LogP contribution is 2.22. The third-order valence-electron chi connectivity index (χ3n) is 2.73. The number of aromatic nitrogens is 3. The average Bonchev–Trinajstić information content (AvgIpc) is 2.49. The molecule has 9 heteroatoms. The molecule has 116 valence electrons. The molecule has 0 bridgehead atoms. The Morgan fingerprint density at radius 3 is 2.77 bits per heavy atom. The van der Waals surface area contributed by atoms with Gasteiger partial charge in [0.25, 0.3) is 5.56 Å². The predicted molar refractivity (Wildman–Crippen MR) is 80.4 cm³/mol. The number of hydrogen-bond acceptors (Lipinski definition) is 5. The van der Waals surface area contributed by atoms with Crippen LogP contribution < -0.4 is 16.6 Å². The molecule has 1 aromatic carbocycles. The monoisotopic (exact) mass is 324 g/mol. The average molecular weight is 324 g/mol. The largest absolute Gasteiger partial charge is 0.342 e. The summed E-state index contributed by atoms with van der Waals surface area (Å²) in [4.78, 5) is 36.7. The second-order valence-corrected chi connectivity index (χ2v) is 5.49. The summed E-state index contributed by atoms with van der Waals surface area (Å²) < 4.78 is 13.5. The Morgan fingerprint density at radius 1 is 1.41 bits per heavy atom. The van der Waals surface area contributed by atoms with Gasteiger partial charge in [0.05, 0.1) is 10.9 Å². The molecular formula is C13H13FN4O3S. The summed E-state index contributed by atoms with van der Waals surface area (Å²) in [5, 5.41) is 7.47. The van der Waals surface area contributed by atoms with Gasteiger partial charge in [-0.1, -0.05) is 30.8 Å². The number of hydrogen-bond donors (Lipinski definition) is 3. The van der Waals surface area contributed by atoms with Crippen LogP contribution in [0.2, 0.25) is 0 Å². The molecule has 0 saturated carbocycles. The van der Waals surface area contributed by atoms with E-state index in [1.54, 1.807) is 13.0 Å². The summed E-state index contributed by atoms with van der Waals surface area (Å²) in [7, 11) is 0. The maximum atomic E-state index is 13.5. The van der Waals surface area contributed by atoms with E-state index in [9.17, 15) is 18.8 Å². The van der Waals surface area contributed by atoms with Crippen molar-refractivity contribution in [3.05, 3.63) is 50.9 Å². The summed E-state index contributed by atoms with van der Waals surface area (Å²) in [5.74, 6) is -0.999. The zero-order valence-corrected chi connectivity index (χ0v) is 12.4. The maximum absolute atomic E-state index is 13.5. The minimum atomic E-state index is -0.724. The Kier molecular flexibility index (Phi) is 5.10. The molecule has 0 aliphatic rings. The third-order valence-corrected chi connectivity index (χ3v) is 4.06. The van der Waals surface area contributed by atoms with Gasteiger partial charge >= 0.3 is 5.69 Å². The number of nitrogens with zero attached hydrogens (tertiary/aromatic N) is 1. The minimum Gasteiger partial charge on any atom is -0.323 e. The van der Waals surface area contributed by atoms with E-state index in [1.165, 1.54) is 18.2 Å². The van der Waals surface area contributed by atoms with Crippen LogP contribution in [0.1, 0.15) is 13.3 Å². The summed E-state index contributed by atoms with van der Waals surface area (Å²) in [6, 6.07) is 5.79. The number of H-pyrrole nitrogens is 2. The van der Waals surface area contributed by atoms with Gasteiger partial charge in [-0.3, -0.25) is 14.6 Å². The van der Waals surface area contributed by atoms with E-state index in [2.05, 4.69) is 15.5 Å². The Balaban J connectivity index is 2.14. The molecule has 0 unspecified atom stereocenters. The zero-order valence-electron chi connectivity index (χ0n) is 11.6. The Bertz CT molecular complexity index is 789. The molecule has 0 radical (unpaired) electrons. The number of para-hydroxylation sites is 1. The van der Waals surface area contributed by atoms with Gasteiger partial charge in [-0.25, -0.2) is 14.3 Å². The van der Waals surface area contributed by atoms with Crippen LogP contribution in [0.3, 0.4) is 0 Å². The number of halogens is 1. The van der Waals surface area contributed by atoms with Crippen molar-refractivity contribution in [3.8, 4) is 0 Å². The molecule has 0 saturated heterocycles. The van der Waals surface area contributed by atoms with E-state index in [0.29, 0.717) is 6.42 Å². The van der Waals surface area contributed by atoms with E-state index >= 15 is 0 Å². The van der Waals surface area contributed by atoms with E-state index in [1.807, 2.05) is 4.98 Å². The van der Waals surface area contributed by atoms with E-state index in [4.69, 9.17) is 0 Å². The highest BCUT2D eigenvalue weighted by molar-refractivity contribution is 8.00. The van der Waals surface area contributed by atoms with Crippen molar-refractivity contribution >= 4 is 23.4 Å². The van der Waals surface area contributed by atoms with Gasteiger partial charge in [0.15, 0.2) is 5.03 Å². The first-order valence-corrected chi connectivity index (χ1v) is 7.30. The molecule has 0 spiro atoms. The molecule has 1 aromatic heterocycles. The predicted octanol–water partition coefficient (Wildman–Crippen LogP) is 1.11. The smallest absolute Gasteiger partial charge is 0.323 e. The minimum absolute atomic E-state index is 0.0323.